The molecule has 0 spiro atoms. The van der Waals surface area contributed by atoms with Gasteiger partial charge in [-0.25, -0.2) is 0 Å². The van der Waals surface area contributed by atoms with Crippen LogP contribution in [0.2, 0.25) is 0 Å². The Bertz CT molecular complexity index is 610. The number of carbonyl (C=O) groups is 1. The van der Waals surface area contributed by atoms with Gasteiger partial charge in [0.05, 0.1) is 14.2 Å². The van der Waals surface area contributed by atoms with Gasteiger partial charge in [-0.15, -0.1) is 0 Å². The van der Waals surface area contributed by atoms with Crippen molar-refractivity contribution < 1.29 is 14.3 Å². The maximum Gasteiger partial charge on any atom is 0.322 e. The summed E-state index contributed by atoms with van der Waals surface area (Å²) in [6.45, 7) is 2.41. The van der Waals surface area contributed by atoms with Gasteiger partial charge < -0.3 is 14.8 Å². The predicted molar refractivity (Wildman–Crippen MR) is 78.8 cm³/mol. The fourth-order valence-electron chi connectivity index (χ4n) is 2.04. The molecule has 106 valence electrons. The summed E-state index contributed by atoms with van der Waals surface area (Å²) in [6, 6.07) is 11.9. The molecule has 2 aromatic carbocycles. The molecule has 20 heavy (non-hydrogen) atoms. The first kappa shape index (κ1) is 14.3. The number of esters is 1. The maximum atomic E-state index is 11.3. The predicted octanol–water partition coefficient (Wildman–Crippen LogP) is 2.50. The Hall–Kier alpha value is -2.07. The van der Waals surface area contributed by atoms with Crippen molar-refractivity contribution in [3.8, 4) is 5.75 Å². The molecule has 0 radical (unpaired) electrons. The molecule has 0 aliphatic heterocycles. The second-order valence-electron chi connectivity index (χ2n) is 4.67. The number of methoxy groups -OCH3 is 2. The molecule has 4 heteroatoms. The van der Waals surface area contributed by atoms with Crippen LogP contribution in [0.5, 0.6) is 5.75 Å². The number of nitrogens with one attached hydrogen (secondary N) is 1. The van der Waals surface area contributed by atoms with E-state index >= 15 is 0 Å². The van der Waals surface area contributed by atoms with Crippen LogP contribution >= 0.6 is 0 Å². The second-order valence-corrected chi connectivity index (χ2v) is 4.67. The first-order valence-corrected chi connectivity index (χ1v) is 6.52. The zero-order valence-corrected chi connectivity index (χ0v) is 12.0. The Kier molecular flexibility index (Phi) is 4.58. The minimum Gasteiger partial charge on any atom is -0.497 e. The molecule has 2 aromatic rings. The van der Waals surface area contributed by atoms with Gasteiger partial charge >= 0.3 is 5.97 Å². The Morgan fingerprint density at radius 3 is 2.55 bits per heavy atom. The van der Waals surface area contributed by atoms with Gasteiger partial charge in [0.1, 0.15) is 11.8 Å². The number of benzene rings is 2. The average Bonchev–Trinajstić information content (AvgIpc) is 2.50. The normalized spacial score (nSPS) is 12.2. The van der Waals surface area contributed by atoms with Gasteiger partial charge in [-0.3, -0.25) is 4.79 Å². The van der Waals surface area contributed by atoms with Gasteiger partial charge in [-0.05, 0) is 41.5 Å². The number of fused-ring (bicyclic) bond motifs is 1. The molecule has 0 fully saturated rings. The van der Waals surface area contributed by atoms with Crippen LogP contribution in [0.1, 0.15) is 12.5 Å². The molecule has 0 amide bonds. The monoisotopic (exact) mass is 273 g/mol. The van der Waals surface area contributed by atoms with E-state index in [1.807, 2.05) is 24.3 Å². The van der Waals surface area contributed by atoms with Crippen LogP contribution in [0.3, 0.4) is 0 Å². The van der Waals surface area contributed by atoms with Crippen LogP contribution in [0.4, 0.5) is 0 Å². The van der Waals surface area contributed by atoms with Gasteiger partial charge in [0, 0.05) is 6.54 Å². The first-order chi connectivity index (χ1) is 9.63. The molecule has 1 unspecified atom stereocenters. The summed E-state index contributed by atoms with van der Waals surface area (Å²) in [4.78, 5) is 11.3. The largest absolute Gasteiger partial charge is 0.497 e. The van der Waals surface area contributed by atoms with Gasteiger partial charge in [0.2, 0.25) is 0 Å². The summed E-state index contributed by atoms with van der Waals surface area (Å²) < 4.78 is 9.89. The fourth-order valence-corrected chi connectivity index (χ4v) is 2.04. The smallest absolute Gasteiger partial charge is 0.322 e. The lowest BCUT2D eigenvalue weighted by Gasteiger charge is -2.12. The van der Waals surface area contributed by atoms with E-state index in [9.17, 15) is 4.79 Å². The van der Waals surface area contributed by atoms with Crippen molar-refractivity contribution >= 4 is 16.7 Å². The van der Waals surface area contributed by atoms with E-state index in [1.165, 1.54) is 7.11 Å². The minimum atomic E-state index is -0.313. The third-order valence-electron chi connectivity index (χ3n) is 3.28. The van der Waals surface area contributed by atoms with Crippen molar-refractivity contribution in [2.75, 3.05) is 14.2 Å². The third-order valence-corrected chi connectivity index (χ3v) is 3.28. The average molecular weight is 273 g/mol. The number of hydrogen-bond acceptors (Lipinski definition) is 4. The Morgan fingerprint density at radius 1 is 1.15 bits per heavy atom. The zero-order valence-electron chi connectivity index (χ0n) is 12.0. The number of carbonyl (C=O) groups excluding carboxylic acids is 1. The zero-order chi connectivity index (χ0) is 14.5. The minimum absolute atomic E-state index is 0.254. The highest BCUT2D eigenvalue weighted by Crippen LogP contribution is 2.21. The third kappa shape index (κ3) is 3.27. The van der Waals surface area contributed by atoms with Crippen LogP contribution in [-0.2, 0) is 16.1 Å². The van der Waals surface area contributed by atoms with Crippen LogP contribution < -0.4 is 10.1 Å². The highest BCUT2D eigenvalue weighted by Gasteiger charge is 2.11. The number of rotatable bonds is 5. The molecule has 1 atom stereocenters. The van der Waals surface area contributed by atoms with Crippen molar-refractivity contribution in [1.82, 2.24) is 5.32 Å². The molecule has 1 N–H and O–H groups in total. The molecule has 4 nitrogen and oxygen atoms in total. The van der Waals surface area contributed by atoms with E-state index < -0.39 is 0 Å². The van der Waals surface area contributed by atoms with E-state index in [-0.39, 0.29) is 12.0 Å². The van der Waals surface area contributed by atoms with Crippen molar-refractivity contribution in [1.29, 1.82) is 0 Å². The van der Waals surface area contributed by atoms with Crippen LogP contribution in [0.25, 0.3) is 10.8 Å². The summed E-state index contributed by atoms with van der Waals surface area (Å²) in [5, 5.41) is 5.42. The Morgan fingerprint density at radius 2 is 1.85 bits per heavy atom. The molecule has 0 aromatic heterocycles. The summed E-state index contributed by atoms with van der Waals surface area (Å²) in [7, 11) is 3.05. The van der Waals surface area contributed by atoms with Crippen LogP contribution in [0, 0.1) is 0 Å². The molecule has 0 aliphatic carbocycles. The standard InChI is InChI=1S/C16H19NO3/c1-11(16(18)20-3)17-10-12-4-5-14-9-15(19-2)7-6-13(14)8-12/h4-9,11,17H,10H2,1-3H3. The number of ether oxygens (including phenoxy) is 2. The Labute approximate surface area is 118 Å². The van der Waals surface area contributed by atoms with E-state index in [2.05, 4.69) is 22.2 Å². The molecule has 0 heterocycles. The second kappa shape index (κ2) is 6.39. The van der Waals surface area contributed by atoms with E-state index in [0.29, 0.717) is 6.54 Å². The maximum absolute atomic E-state index is 11.3. The summed E-state index contributed by atoms with van der Waals surface area (Å²) >= 11 is 0. The van der Waals surface area contributed by atoms with Gasteiger partial charge in [-0.2, -0.15) is 0 Å². The molecule has 2 rings (SSSR count). The summed E-state index contributed by atoms with van der Waals surface area (Å²) in [6.07, 6.45) is 0. The summed E-state index contributed by atoms with van der Waals surface area (Å²) in [5.74, 6) is 0.596. The lowest BCUT2D eigenvalue weighted by atomic mass is 10.1. The number of hydrogen-bond donors (Lipinski definition) is 1. The van der Waals surface area contributed by atoms with E-state index in [4.69, 9.17) is 4.74 Å². The van der Waals surface area contributed by atoms with Crippen molar-refractivity contribution in [2.24, 2.45) is 0 Å². The quantitative estimate of drug-likeness (QED) is 0.850. The van der Waals surface area contributed by atoms with Crippen molar-refractivity contribution in [2.45, 2.75) is 19.5 Å². The topological polar surface area (TPSA) is 47.6 Å². The van der Waals surface area contributed by atoms with Gasteiger partial charge in [0.25, 0.3) is 0 Å². The highest BCUT2D eigenvalue weighted by atomic mass is 16.5. The van der Waals surface area contributed by atoms with Gasteiger partial charge in [0.15, 0.2) is 0 Å². The highest BCUT2D eigenvalue weighted by molar-refractivity contribution is 5.84. The summed E-state index contributed by atoms with van der Waals surface area (Å²) in [5.41, 5.74) is 1.12. The molecular weight excluding hydrogens is 254 g/mol. The first-order valence-electron chi connectivity index (χ1n) is 6.52. The fraction of sp³-hybridized carbons (Fsp3) is 0.312. The van der Waals surface area contributed by atoms with Crippen molar-refractivity contribution in [3.05, 3.63) is 42.0 Å². The van der Waals surface area contributed by atoms with E-state index in [0.717, 1.165) is 22.1 Å². The molecule has 0 aliphatic rings. The van der Waals surface area contributed by atoms with Crippen LogP contribution in [-0.4, -0.2) is 26.2 Å². The van der Waals surface area contributed by atoms with Crippen LogP contribution in [0.15, 0.2) is 36.4 Å². The van der Waals surface area contributed by atoms with Crippen molar-refractivity contribution in [3.63, 3.8) is 0 Å². The van der Waals surface area contributed by atoms with Gasteiger partial charge in [-0.1, -0.05) is 18.2 Å². The molecular formula is C16H19NO3. The lowest BCUT2D eigenvalue weighted by molar-refractivity contribution is -0.142. The molecule has 0 saturated heterocycles. The SMILES string of the molecule is COC(=O)C(C)NCc1ccc2cc(OC)ccc2c1. The molecule has 0 saturated carbocycles. The lowest BCUT2D eigenvalue weighted by Crippen LogP contribution is -2.34. The Balaban J connectivity index is 2.10. The van der Waals surface area contributed by atoms with E-state index in [1.54, 1.807) is 14.0 Å². The molecule has 0 bridgehead atoms.